The van der Waals surface area contributed by atoms with Crippen molar-refractivity contribution in [2.45, 2.75) is 25.3 Å². The highest BCUT2D eigenvalue weighted by atomic mass is 32.2. The fourth-order valence-corrected chi connectivity index (χ4v) is 3.62. The number of amides is 1. The maximum absolute atomic E-state index is 12.2. The number of anilines is 1. The van der Waals surface area contributed by atoms with Gasteiger partial charge in [0.2, 0.25) is 5.91 Å². The predicted molar refractivity (Wildman–Crippen MR) is 108 cm³/mol. The Morgan fingerprint density at radius 2 is 1.92 bits per heavy atom. The predicted octanol–water partition coefficient (Wildman–Crippen LogP) is 5.06. The average molecular weight is 366 g/mol. The topological polar surface area (TPSA) is 51.2 Å². The lowest BCUT2D eigenvalue weighted by Gasteiger charge is -2.11. The van der Waals surface area contributed by atoms with Crippen LogP contribution in [0.2, 0.25) is 0 Å². The Labute approximate surface area is 158 Å². The molecule has 4 nitrogen and oxygen atoms in total. The smallest absolute Gasteiger partial charge is 0.225 e. The van der Waals surface area contributed by atoms with E-state index >= 15 is 0 Å². The quantitative estimate of drug-likeness (QED) is 0.594. The summed E-state index contributed by atoms with van der Waals surface area (Å²) in [6, 6.07) is 17.7. The van der Waals surface area contributed by atoms with Crippen LogP contribution in [0.15, 0.2) is 59.6 Å². The summed E-state index contributed by atoms with van der Waals surface area (Å²) in [6.07, 6.45) is 0.415. The summed E-state index contributed by atoms with van der Waals surface area (Å²) < 4.78 is 5.54. The van der Waals surface area contributed by atoms with Crippen molar-refractivity contribution in [1.29, 1.82) is 0 Å². The number of carbonyl (C=O) groups excluding carboxylic acids is 1. The van der Waals surface area contributed by atoms with Crippen LogP contribution in [0.4, 0.5) is 5.69 Å². The number of nitrogens with one attached hydrogen (secondary N) is 1. The van der Waals surface area contributed by atoms with Gasteiger partial charge in [-0.2, -0.15) is 0 Å². The third-order valence-electron chi connectivity index (χ3n) is 3.94. The zero-order chi connectivity index (χ0) is 18.4. The van der Waals surface area contributed by atoms with Crippen LogP contribution in [-0.2, 0) is 4.79 Å². The van der Waals surface area contributed by atoms with Gasteiger partial charge in [-0.1, -0.05) is 30.3 Å². The number of thioether (sulfide) groups is 1. The number of aryl methyl sites for hydroxylation is 1. The number of para-hydroxylation sites is 3. The molecule has 0 fully saturated rings. The van der Waals surface area contributed by atoms with Crippen molar-refractivity contribution in [2.75, 3.05) is 17.7 Å². The Morgan fingerprint density at radius 3 is 2.77 bits per heavy atom. The molecule has 0 aliphatic heterocycles. The molecule has 1 heterocycles. The molecule has 0 atom stereocenters. The molecular weight excluding hydrogens is 344 g/mol. The molecule has 2 aromatic carbocycles. The molecule has 1 aromatic heterocycles. The van der Waals surface area contributed by atoms with Gasteiger partial charge < -0.3 is 10.1 Å². The summed E-state index contributed by atoms with van der Waals surface area (Å²) in [4.78, 5) is 16.9. The highest BCUT2D eigenvalue weighted by Gasteiger charge is 2.08. The van der Waals surface area contributed by atoms with E-state index in [-0.39, 0.29) is 5.91 Å². The lowest BCUT2D eigenvalue weighted by atomic mass is 10.1. The number of hydrogen-bond donors (Lipinski definition) is 1. The first kappa shape index (κ1) is 18.3. The van der Waals surface area contributed by atoms with E-state index in [0.717, 1.165) is 10.5 Å². The lowest BCUT2D eigenvalue weighted by molar-refractivity contribution is -0.115. The van der Waals surface area contributed by atoms with E-state index in [2.05, 4.69) is 29.4 Å². The number of carbonyl (C=O) groups is 1. The van der Waals surface area contributed by atoms with Gasteiger partial charge in [0, 0.05) is 17.6 Å². The zero-order valence-electron chi connectivity index (χ0n) is 15.0. The molecule has 0 saturated carbocycles. The van der Waals surface area contributed by atoms with Gasteiger partial charge in [0.1, 0.15) is 5.75 Å². The van der Waals surface area contributed by atoms with Crippen molar-refractivity contribution in [1.82, 2.24) is 4.98 Å². The van der Waals surface area contributed by atoms with Gasteiger partial charge in [-0.3, -0.25) is 4.79 Å². The van der Waals surface area contributed by atoms with Crippen LogP contribution in [-0.4, -0.2) is 23.3 Å². The number of rotatable bonds is 7. The van der Waals surface area contributed by atoms with Crippen LogP contribution < -0.4 is 10.1 Å². The molecule has 3 aromatic rings. The SMILES string of the molecule is CCOc1ccccc1NC(=O)CCSc1cc(C)c2ccccc2n1. The largest absolute Gasteiger partial charge is 0.492 e. The number of fused-ring (bicyclic) bond motifs is 1. The van der Waals surface area contributed by atoms with E-state index < -0.39 is 0 Å². The van der Waals surface area contributed by atoms with Crippen molar-refractivity contribution in [3.8, 4) is 5.75 Å². The molecule has 0 bridgehead atoms. The Bertz CT molecular complexity index is 911. The van der Waals surface area contributed by atoms with E-state index in [1.54, 1.807) is 11.8 Å². The van der Waals surface area contributed by atoms with E-state index in [9.17, 15) is 4.79 Å². The van der Waals surface area contributed by atoms with Crippen LogP contribution in [0.1, 0.15) is 18.9 Å². The molecule has 1 amide bonds. The van der Waals surface area contributed by atoms with E-state index in [1.807, 2.05) is 49.4 Å². The molecule has 0 radical (unpaired) electrons. The minimum Gasteiger partial charge on any atom is -0.492 e. The summed E-state index contributed by atoms with van der Waals surface area (Å²) >= 11 is 1.60. The van der Waals surface area contributed by atoms with Crippen LogP contribution >= 0.6 is 11.8 Å². The van der Waals surface area contributed by atoms with E-state index in [0.29, 0.717) is 30.2 Å². The molecule has 134 valence electrons. The summed E-state index contributed by atoms with van der Waals surface area (Å²) in [6.45, 7) is 4.58. The minimum absolute atomic E-state index is 0.0258. The van der Waals surface area contributed by atoms with Crippen molar-refractivity contribution >= 4 is 34.3 Å². The summed E-state index contributed by atoms with van der Waals surface area (Å²) in [7, 11) is 0. The van der Waals surface area contributed by atoms with Gasteiger partial charge in [-0.25, -0.2) is 4.98 Å². The molecule has 1 N–H and O–H groups in total. The zero-order valence-corrected chi connectivity index (χ0v) is 15.8. The first-order valence-corrected chi connectivity index (χ1v) is 9.67. The van der Waals surface area contributed by atoms with Gasteiger partial charge in [-0.15, -0.1) is 11.8 Å². The van der Waals surface area contributed by atoms with Crippen LogP contribution in [0, 0.1) is 6.92 Å². The van der Waals surface area contributed by atoms with Gasteiger partial charge in [-0.05, 0) is 43.7 Å². The fraction of sp³-hybridized carbons (Fsp3) is 0.238. The number of pyridine rings is 1. The number of aromatic nitrogens is 1. The molecule has 0 saturated heterocycles. The maximum Gasteiger partial charge on any atom is 0.225 e. The van der Waals surface area contributed by atoms with Gasteiger partial charge in [0.15, 0.2) is 0 Å². The molecule has 0 aliphatic rings. The Balaban J connectivity index is 1.57. The molecule has 0 spiro atoms. The van der Waals surface area contributed by atoms with E-state index in [4.69, 9.17) is 4.74 Å². The molecular formula is C21H22N2O2S. The standard InChI is InChI=1S/C21H22N2O2S/c1-3-25-19-11-7-6-10-18(19)22-20(24)12-13-26-21-14-15(2)16-8-4-5-9-17(16)23-21/h4-11,14H,3,12-13H2,1-2H3,(H,22,24). The molecule has 0 unspecified atom stereocenters. The monoisotopic (exact) mass is 366 g/mol. The number of hydrogen-bond acceptors (Lipinski definition) is 4. The van der Waals surface area contributed by atoms with Crippen LogP contribution in [0.3, 0.4) is 0 Å². The highest BCUT2D eigenvalue weighted by molar-refractivity contribution is 7.99. The second-order valence-electron chi connectivity index (χ2n) is 5.87. The maximum atomic E-state index is 12.2. The first-order chi connectivity index (χ1) is 12.7. The van der Waals surface area contributed by atoms with Crippen molar-refractivity contribution in [3.63, 3.8) is 0 Å². The summed E-state index contributed by atoms with van der Waals surface area (Å²) in [5.41, 5.74) is 2.90. The van der Waals surface area contributed by atoms with Crippen LogP contribution in [0.5, 0.6) is 5.75 Å². The van der Waals surface area contributed by atoms with Crippen molar-refractivity contribution in [2.24, 2.45) is 0 Å². The number of nitrogens with zero attached hydrogens (tertiary/aromatic N) is 1. The molecule has 0 aliphatic carbocycles. The van der Waals surface area contributed by atoms with Gasteiger partial charge >= 0.3 is 0 Å². The Kier molecular flexibility index (Phi) is 6.12. The van der Waals surface area contributed by atoms with Gasteiger partial charge in [0.05, 0.1) is 22.8 Å². The van der Waals surface area contributed by atoms with Crippen molar-refractivity contribution < 1.29 is 9.53 Å². The van der Waals surface area contributed by atoms with Crippen LogP contribution in [0.25, 0.3) is 10.9 Å². The third-order valence-corrected chi connectivity index (χ3v) is 4.85. The number of benzene rings is 2. The summed E-state index contributed by atoms with van der Waals surface area (Å²) in [5.74, 6) is 1.35. The molecule has 26 heavy (non-hydrogen) atoms. The highest BCUT2D eigenvalue weighted by Crippen LogP contribution is 2.26. The number of ether oxygens (including phenoxy) is 1. The van der Waals surface area contributed by atoms with E-state index in [1.165, 1.54) is 10.9 Å². The third kappa shape index (κ3) is 4.55. The lowest BCUT2D eigenvalue weighted by Crippen LogP contribution is -2.13. The second kappa shape index (κ2) is 8.72. The second-order valence-corrected chi connectivity index (χ2v) is 6.99. The fourth-order valence-electron chi connectivity index (χ4n) is 2.70. The molecule has 5 heteroatoms. The normalized spacial score (nSPS) is 10.7. The van der Waals surface area contributed by atoms with Gasteiger partial charge in [0.25, 0.3) is 0 Å². The Hall–Kier alpha value is -2.53. The average Bonchev–Trinajstić information content (AvgIpc) is 2.64. The Morgan fingerprint density at radius 1 is 1.15 bits per heavy atom. The molecule has 3 rings (SSSR count). The summed E-state index contributed by atoms with van der Waals surface area (Å²) in [5, 5.41) is 5.04. The minimum atomic E-state index is -0.0258. The van der Waals surface area contributed by atoms with Crippen molar-refractivity contribution in [3.05, 3.63) is 60.2 Å². The first-order valence-electron chi connectivity index (χ1n) is 8.68.